The average Bonchev–Trinajstić information content (AvgIpc) is 2.83. The third kappa shape index (κ3) is 10.8. The summed E-state index contributed by atoms with van der Waals surface area (Å²) in [5.74, 6) is 3.06. The van der Waals surface area contributed by atoms with Gasteiger partial charge in [-0.3, -0.25) is 4.98 Å². The molecule has 11 heteroatoms. The summed E-state index contributed by atoms with van der Waals surface area (Å²) in [5.41, 5.74) is 0. The first kappa shape index (κ1) is 29.2. The van der Waals surface area contributed by atoms with E-state index in [1.165, 1.54) is 4.90 Å². The minimum atomic E-state index is -2.63. The molecule has 0 aliphatic heterocycles. The molecule has 0 aromatic carbocycles. The fourth-order valence-corrected chi connectivity index (χ4v) is 9.00. The van der Waals surface area contributed by atoms with Crippen molar-refractivity contribution in [2.45, 2.75) is 35.0 Å². The molecule has 1 rings (SSSR count). The van der Waals surface area contributed by atoms with E-state index in [1.54, 1.807) is 48.9 Å². The first-order valence-corrected chi connectivity index (χ1v) is 15.2. The van der Waals surface area contributed by atoms with Crippen molar-refractivity contribution >= 4 is 44.1 Å². The number of aromatic nitrogens is 1. The number of hydrogen-bond donors (Lipinski definition) is 0. The Bertz CT molecular complexity index is 551. The van der Waals surface area contributed by atoms with Gasteiger partial charge in [-0.15, -0.1) is 11.8 Å². The number of thioether (sulfide) groups is 3. The summed E-state index contributed by atoms with van der Waals surface area (Å²) in [6.45, 7) is 0. The predicted molar refractivity (Wildman–Crippen MR) is 133 cm³/mol. The molecule has 0 spiro atoms. The average molecular weight is 512 g/mol. The molecule has 0 bridgehead atoms. The molecule has 0 radical (unpaired) electrons. The zero-order valence-electron chi connectivity index (χ0n) is 19.5. The molecule has 0 aliphatic carbocycles. The van der Waals surface area contributed by atoms with Gasteiger partial charge in [-0.2, -0.15) is 23.5 Å². The van der Waals surface area contributed by atoms with Crippen LogP contribution in [0.25, 0.3) is 0 Å². The van der Waals surface area contributed by atoms with E-state index in [1.807, 2.05) is 47.5 Å². The van der Waals surface area contributed by atoms with Crippen LogP contribution in [0.2, 0.25) is 6.04 Å². The number of rotatable bonds is 19. The Morgan fingerprint density at radius 1 is 0.968 bits per heavy atom. The van der Waals surface area contributed by atoms with E-state index in [0.29, 0.717) is 11.7 Å². The molecular formula is C20H37NO6S3Si. The Morgan fingerprint density at radius 3 is 2.19 bits per heavy atom. The van der Waals surface area contributed by atoms with E-state index in [9.17, 15) is 0 Å². The Labute approximate surface area is 201 Å². The Kier molecular flexibility index (Phi) is 15.8. The van der Waals surface area contributed by atoms with Gasteiger partial charge in [0.2, 0.25) is 0 Å². The summed E-state index contributed by atoms with van der Waals surface area (Å²) in [6, 6.07) is 4.83. The van der Waals surface area contributed by atoms with Gasteiger partial charge >= 0.3 is 8.80 Å². The fraction of sp³-hybridized carbons (Fsp3) is 0.750. The molecular weight excluding hydrogens is 475 g/mol. The number of ether oxygens (including phenoxy) is 3. The molecule has 0 amide bonds. The third-order valence-electron chi connectivity index (χ3n) is 4.75. The number of pyridine rings is 1. The lowest BCUT2D eigenvalue weighted by atomic mass is 10.4. The van der Waals surface area contributed by atoms with Gasteiger partial charge in [-0.05, 0) is 30.1 Å². The van der Waals surface area contributed by atoms with Gasteiger partial charge in [0.15, 0.2) is 0 Å². The van der Waals surface area contributed by atoms with E-state index >= 15 is 0 Å². The minimum absolute atomic E-state index is 0.366. The van der Waals surface area contributed by atoms with Crippen LogP contribution in [0.15, 0.2) is 29.4 Å². The van der Waals surface area contributed by atoms with Gasteiger partial charge in [0.05, 0.1) is 0 Å². The van der Waals surface area contributed by atoms with Crippen LogP contribution in [0, 0.1) is 0 Å². The molecule has 1 aromatic rings. The van der Waals surface area contributed by atoms with E-state index in [0.717, 1.165) is 35.5 Å². The van der Waals surface area contributed by atoms with Gasteiger partial charge in [-0.25, -0.2) is 0 Å². The molecule has 31 heavy (non-hydrogen) atoms. The standard InChI is InChI=1S/C20H37NO6S3Si/c1-22-20(23-2,24-3)10-14-28-12-8-13-29-19(17-31(25-4,26-5)27-6)16-30-18-9-7-11-21-15-18/h7,9,11,15,19H,8,10,12-14,16-17H2,1-6H3. The molecule has 0 saturated heterocycles. The maximum atomic E-state index is 5.66. The lowest BCUT2D eigenvalue weighted by Crippen LogP contribution is -2.45. The molecule has 0 aliphatic rings. The van der Waals surface area contributed by atoms with Crippen LogP contribution in [-0.2, 0) is 27.5 Å². The van der Waals surface area contributed by atoms with E-state index in [4.69, 9.17) is 27.5 Å². The van der Waals surface area contributed by atoms with Crippen molar-refractivity contribution in [1.29, 1.82) is 0 Å². The Hall–Kier alpha value is 0.177. The molecule has 1 heterocycles. The lowest BCUT2D eigenvalue weighted by Gasteiger charge is -2.28. The summed E-state index contributed by atoms with van der Waals surface area (Å²) in [6.07, 6.45) is 5.49. The van der Waals surface area contributed by atoms with Crippen molar-refractivity contribution < 1.29 is 27.5 Å². The van der Waals surface area contributed by atoms with Gasteiger partial charge in [0.1, 0.15) is 0 Å². The predicted octanol–water partition coefficient (Wildman–Crippen LogP) is 4.26. The van der Waals surface area contributed by atoms with Gasteiger partial charge < -0.3 is 27.5 Å². The van der Waals surface area contributed by atoms with Crippen LogP contribution in [-0.4, -0.2) is 90.7 Å². The second-order valence-corrected chi connectivity index (χ2v) is 13.2. The van der Waals surface area contributed by atoms with Crippen LogP contribution in [0.5, 0.6) is 0 Å². The van der Waals surface area contributed by atoms with E-state index in [2.05, 4.69) is 11.1 Å². The normalized spacial score (nSPS) is 13.5. The van der Waals surface area contributed by atoms with Crippen LogP contribution in [0.3, 0.4) is 0 Å². The van der Waals surface area contributed by atoms with Crippen molar-refractivity contribution in [3.63, 3.8) is 0 Å². The summed E-state index contributed by atoms with van der Waals surface area (Å²) in [5, 5.41) is 0.366. The molecule has 1 atom stereocenters. The van der Waals surface area contributed by atoms with Gasteiger partial charge in [0, 0.05) is 89.2 Å². The molecule has 180 valence electrons. The molecule has 0 saturated carbocycles. The Morgan fingerprint density at radius 2 is 1.65 bits per heavy atom. The van der Waals surface area contributed by atoms with E-state index in [-0.39, 0.29) is 0 Å². The van der Waals surface area contributed by atoms with Crippen molar-refractivity contribution in [1.82, 2.24) is 4.98 Å². The number of nitrogens with zero attached hydrogens (tertiary/aromatic N) is 1. The van der Waals surface area contributed by atoms with Crippen molar-refractivity contribution in [2.24, 2.45) is 0 Å². The highest BCUT2D eigenvalue weighted by atomic mass is 32.2. The summed E-state index contributed by atoms with van der Waals surface area (Å²) >= 11 is 5.65. The smallest absolute Gasteiger partial charge is 0.377 e. The van der Waals surface area contributed by atoms with Crippen LogP contribution < -0.4 is 0 Å². The summed E-state index contributed by atoms with van der Waals surface area (Å²) in [4.78, 5) is 5.37. The number of hydrogen-bond acceptors (Lipinski definition) is 10. The third-order valence-corrected chi connectivity index (χ3v) is 11.7. The zero-order valence-corrected chi connectivity index (χ0v) is 22.9. The molecule has 1 aromatic heterocycles. The second kappa shape index (κ2) is 16.7. The second-order valence-electron chi connectivity index (χ2n) is 6.50. The first-order chi connectivity index (χ1) is 15.0. The Balaban J connectivity index is 2.46. The maximum Gasteiger partial charge on any atom is 0.501 e. The monoisotopic (exact) mass is 511 g/mol. The summed E-state index contributed by atoms with van der Waals surface area (Å²) in [7, 11) is 7.18. The van der Waals surface area contributed by atoms with Crippen molar-refractivity contribution in [2.75, 3.05) is 65.7 Å². The zero-order chi connectivity index (χ0) is 23.0. The van der Waals surface area contributed by atoms with Crippen LogP contribution in [0.4, 0.5) is 0 Å². The number of methoxy groups -OCH3 is 3. The quantitative estimate of drug-likeness (QED) is 0.116. The molecule has 7 nitrogen and oxygen atoms in total. The minimum Gasteiger partial charge on any atom is -0.377 e. The maximum absolute atomic E-state index is 5.66. The van der Waals surface area contributed by atoms with Gasteiger partial charge in [-0.1, -0.05) is 0 Å². The van der Waals surface area contributed by atoms with Crippen LogP contribution >= 0.6 is 35.3 Å². The highest BCUT2D eigenvalue weighted by Crippen LogP contribution is 2.30. The fourth-order valence-electron chi connectivity index (χ4n) is 2.83. The van der Waals surface area contributed by atoms with Gasteiger partial charge in [0.25, 0.3) is 5.97 Å². The van der Waals surface area contributed by atoms with Crippen LogP contribution in [0.1, 0.15) is 12.8 Å². The van der Waals surface area contributed by atoms with E-state index < -0.39 is 14.8 Å². The highest BCUT2D eigenvalue weighted by Gasteiger charge is 2.40. The molecule has 0 N–H and O–H groups in total. The summed E-state index contributed by atoms with van der Waals surface area (Å²) < 4.78 is 33.0. The topological polar surface area (TPSA) is 68.3 Å². The highest BCUT2D eigenvalue weighted by molar-refractivity contribution is 8.03. The molecule has 1 unspecified atom stereocenters. The lowest BCUT2D eigenvalue weighted by molar-refractivity contribution is -0.352. The first-order valence-electron chi connectivity index (χ1n) is 10.1. The molecule has 0 fully saturated rings. The van der Waals surface area contributed by atoms with Crippen molar-refractivity contribution in [3.8, 4) is 0 Å². The SMILES string of the molecule is COC(CCSCCCSC(CSc1cccnc1)C[Si](OC)(OC)OC)(OC)OC. The largest absolute Gasteiger partial charge is 0.501 e. The van der Waals surface area contributed by atoms with Crippen molar-refractivity contribution in [3.05, 3.63) is 24.5 Å².